The van der Waals surface area contributed by atoms with E-state index in [9.17, 15) is 0 Å². The maximum atomic E-state index is 5.59. The zero-order valence-corrected chi connectivity index (χ0v) is 9.93. The second-order valence-electron chi connectivity index (χ2n) is 3.92. The average Bonchev–Trinajstić information content (AvgIpc) is 2.42. The standard InChI is InChI=1S/C14H17N3/c1-16-14(13-4-2-3-9-17-13)12-7-5-11(10-15)6-8-12/h2-9,14,16H,10,15H2,1H3. The van der Waals surface area contributed by atoms with Crippen LogP contribution in [0.15, 0.2) is 48.7 Å². The Morgan fingerprint density at radius 3 is 2.47 bits per heavy atom. The topological polar surface area (TPSA) is 50.9 Å². The largest absolute Gasteiger partial charge is 0.326 e. The summed E-state index contributed by atoms with van der Waals surface area (Å²) < 4.78 is 0. The average molecular weight is 227 g/mol. The molecule has 1 aromatic carbocycles. The normalized spacial score (nSPS) is 12.4. The first-order valence-electron chi connectivity index (χ1n) is 5.72. The number of rotatable bonds is 4. The molecule has 1 heterocycles. The van der Waals surface area contributed by atoms with Crippen LogP contribution in [-0.2, 0) is 6.54 Å². The molecule has 0 saturated carbocycles. The van der Waals surface area contributed by atoms with Gasteiger partial charge in [0, 0.05) is 12.7 Å². The van der Waals surface area contributed by atoms with Crippen molar-refractivity contribution in [1.29, 1.82) is 0 Å². The molecule has 2 rings (SSSR count). The fourth-order valence-corrected chi connectivity index (χ4v) is 1.88. The fourth-order valence-electron chi connectivity index (χ4n) is 1.88. The molecule has 0 radical (unpaired) electrons. The Kier molecular flexibility index (Phi) is 3.85. The zero-order chi connectivity index (χ0) is 12.1. The highest BCUT2D eigenvalue weighted by atomic mass is 14.9. The Labute approximate surface area is 102 Å². The first kappa shape index (κ1) is 11.8. The third-order valence-corrected chi connectivity index (χ3v) is 2.82. The number of nitrogens with two attached hydrogens (primary N) is 1. The lowest BCUT2D eigenvalue weighted by atomic mass is 10.0. The van der Waals surface area contributed by atoms with Gasteiger partial charge in [-0.25, -0.2) is 0 Å². The molecule has 17 heavy (non-hydrogen) atoms. The van der Waals surface area contributed by atoms with Gasteiger partial charge in [0.25, 0.3) is 0 Å². The molecule has 0 aliphatic rings. The summed E-state index contributed by atoms with van der Waals surface area (Å²) in [4.78, 5) is 4.38. The van der Waals surface area contributed by atoms with Gasteiger partial charge in [0.2, 0.25) is 0 Å². The predicted molar refractivity (Wildman–Crippen MR) is 69.5 cm³/mol. The van der Waals surface area contributed by atoms with Crippen LogP contribution in [0.5, 0.6) is 0 Å². The number of aromatic nitrogens is 1. The summed E-state index contributed by atoms with van der Waals surface area (Å²) in [5.41, 5.74) is 8.96. The Balaban J connectivity index is 2.29. The first-order chi connectivity index (χ1) is 8.35. The third kappa shape index (κ3) is 2.70. The molecule has 0 aliphatic carbocycles. The van der Waals surface area contributed by atoms with Crippen molar-refractivity contribution in [3.63, 3.8) is 0 Å². The molecule has 1 atom stereocenters. The number of nitrogens with zero attached hydrogens (tertiary/aromatic N) is 1. The molecule has 3 heteroatoms. The highest BCUT2D eigenvalue weighted by Gasteiger charge is 2.12. The minimum atomic E-state index is 0.128. The lowest BCUT2D eigenvalue weighted by Crippen LogP contribution is -2.18. The van der Waals surface area contributed by atoms with Gasteiger partial charge in [-0.1, -0.05) is 30.3 Å². The second kappa shape index (κ2) is 5.57. The fraction of sp³-hybridized carbons (Fsp3) is 0.214. The Morgan fingerprint density at radius 1 is 1.18 bits per heavy atom. The maximum absolute atomic E-state index is 5.59. The van der Waals surface area contributed by atoms with Crippen LogP contribution in [0.1, 0.15) is 22.9 Å². The van der Waals surface area contributed by atoms with Crippen LogP contribution in [0.2, 0.25) is 0 Å². The molecule has 0 aliphatic heterocycles. The number of benzene rings is 1. The predicted octanol–water partition coefficient (Wildman–Crippen LogP) is 1.85. The highest BCUT2D eigenvalue weighted by molar-refractivity contribution is 5.30. The molecule has 0 spiro atoms. The van der Waals surface area contributed by atoms with Gasteiger partial charge in [-0.3, -0.25) is 4.98 Å². The van der Waals surface area contributed by atoms with Crippen molar-refractivity contribution in [2.24, 2.45) is 5.73 Å². The molecule has 0 bridgehead atoms. The van der Waals surface area contributed by atoms with Gasteiger partial charge in [-0.05, 0) is 30.3 Å². The second-order valence-corrected chi connectivity index (χ2v) is 3.92. The first-order valence-corrected chi connectivity index (χ1v) is 5.72. The molecular weight excluding hydrogens is 210 g/mol. The summed E-state index contributed by atoms with van der Waals surface area (Å²) in [6.07, 6.45) is 1.81. The van der Waals surface area contributed by atoms with Crippen LogP contribution in [0.4, 0.5) is 0 Å². The molecule has 0 fully saturated rings. The zero-order valence-electron chi connectivity index (χ0n) is 9.93. The lowest BCUT2D eigenvalue weighted by Gasteiger charge is -2.16. The van der Waals surface area contributed by atoms with E-state index in [2.05, 4.69) is 34.6 Å². The van der Waals surface area contributed by atoms with Crippen LogP contribution in [0.3, 0.4) is 0 Å². The molecular formula is C14H17N3. The minimum absolute atomic E-state index is 0.128. The minimum Gasteiger partial charge on any atom is -0.326 e. The highest BCUT2D eigenvalue weighted by Crippen LogP contribution is 2.19. The van der Waals surface area contributed by atoms with Crippen molar-refractivity contribution >= 4 is 0 Å². The monoisotopic (exact) mass is 227 g/mol. The van der Waals surface area contributed by atoms with Crippen LogP contribution in [-0.4, -0.2) is 12.0 Å². The van der Waals surface area contributed by atoms with Gasteiger partial charge in [0.15, 0.2) is 0 Å². The Hall–Kier alpha value is -1.71. The number of hydrogen-bond donors (Lipinski definition) is 2. The van der Waals surface area contributed by atoms with E-state index in [0.717, 1.165) is 11.3 Å². The van der Waals surface area contributed by atoms with Crippen molar-refractivity contribution < 1.29 is 0 Å². The van der Waals surface area contributed by atoms with E-state index in [-0.39, 0.29) is 6.04 Å². The van der Waals surface area contributed by atoms with Gasteiger partial charge in [0.05, 0.1) is 11.7 Å². The van der Waals surface area contributed by atoms with Crippen molar-refractivity contribution in [2.75, 3.05) is 7.05 Å². The van der Waals surface area contributed by atoms with Crippen molar-refractivity contribution in [3.8, 4) is 0 Å². The van der Waals surface area contributed by atoms with E-state index in [1.165, 1.54) is 5.56 Å². The quantitative estimate of drug-likeness (QED) is 0.838. The molecule has 0 amide bonds. The number of hydrogen-bond acceptors (Lipinski definition) is 3. The van der Waals surface area contributed by atoms with Gasteiger partial charge < -0.3 is 11.1 Å². The van der Waals surface area contributed by atoms with Gasteiger partial charge >= 0.3 is 0 Å². The summed E-state index contributed by atoms with van der Waals surface area (Å²) in [6.45, 7) is 0.577. The van der Waals surface area contributed by atoms with Gasteiger partial charge in [-0.2, -0.15) is 0 Å². The number of nitrogens with one attached hydrogen (secondary N) is 1. The van der Waals surface area contributed by atoms with Crippen molar-refractivity contribution in [2.45, 2.75) is 12.6 Å². The van der Waals surface area contributed by atoms with Crippen LogP contribution >= 0.6 is 0 Å². The molecule has 1 unspecified atom stereocenters. The molecule has 1 aromatic heterocycles. The Morgan fingerprint density at radius 2 is 1.94 bits per heavy atom. The summed E-state index contributed by atoms with van der Waals surface area (Å²) in [5.74, 6) is 0. The van der Waals surface area contributed by atoms with Gasteiger partial charge in [-0.15, -0.1) is 0 Å². The van der Waals surface area contributed by atoms with E-state index < -0.39 is 0 Å². The smallest absolute Gasteiger partial charge is 0.0748 e. The van der Waals surface area contributed by atoms with E-state index >= 15 is 0 Å². The van der Waals surface area contributed by atoms with E-state index in [0.29, 0.717) is 6.54 Å². The lowest BCUT2D eigenvalue weighted by molar-refractivity contribution is 0.670. The molecule has 3 N–H and O–H groups in total. The van der Waals surface area contributed by atoms with E-state index in [1.54, 1.807) is 0 Å². The van der Waals surface area contributed by atoms with Crippen LogP contribution < -0.4 is 11.1 Å². The van der Waals surface area contributed by atoms with E-state index in [4.69, 9.17) is 5.73 Å². The molecule has 2 aromatic rings. The van der Waals surface area contributed by atoms with E-state index in [1.807, 2.05) is 31.4 Å². The third-order valence-electron chi connectivity index (χ3n) is 2.82. The summed E-state index contributed by atoms with van der Waals surface area (Å²) in [6, 6.07) is 14.4. The van der Waals surface area contributed by atoms with Gasteiger partial charge in [0.1, 0.15) is 0 Å². The van der Waals surface area contributed by atoms with Crippen molar-refractivity contribution in [1.82, 2.24) is 10.3 Å². The SMILES string of the molecule is CNC(c1ccc(CN)cc1)c1ccccn1. The molecule has 3 nitrogen and oxygen atoms in total. The summed E-state index contributed by atoms with van der Waals surface area (Å²) in [7, 11) is 1.94. The van der Waals surface area contributed by atoms with Crippen LogP contribution in [0, 0.1) is 0 Å². The molecule has 88 valence electrons. The number of pyridine rings is 1. The van der Waals surface area contributed by atoms with Crippen molar-refractivity contribution in [3.05, 3.63) is 65.5 Å². The summed E-state index contributed by atoms with van der Waals surface area (Å²) in [5, 5.41) is 3.28. The Bertz CT molecular complexity index is 451. The molecule has 0 saturated heterocycles. The maximum Gasteiger partial charge on any atom is 0.0748 e. The summed E-state index contributed by atoms with van der Waals surface area (Å²) >= 11 is 0. The van der Waals surface area contributed by atoms with Crippen LogP contribution in [0.25, 0.3) is 0 Å².